The van der Waals surface area contributed by atoms with Crippen molar-refractivity contribution >= 4 is 22.8 Å². The van der Waals surface area contributed by atoms with E-state index < -0.39 is 11.2 Å². The molecule has 0 radical (unpaired) electrons. The van der Waals surface area contributed by atoms with Gasteiger partial charge in [0.25, 0.3) is 5.56 Å². The Hall–Kier alpha value is -1.56. The maximum atomic E-state index is 11.6. The molecule has 0 saturated heterocycles. The number of aromatic nitrogens is 4. The van der Waals surface area contributed by atoms with Gasteiger partial charge in [0.15, 0.2) is 11.2 Å². The van der Waals surface area contributed by atoms with Gasteiger partial charge in [0.2, 0.25) is 5.28 Å². The average molecular weight is 215 g/mol. The molecule has 2 heterocycles. The number of hydrogen-bond acceptors (Lipinski definition) is 3. The first-order chi connectivity index (χ1) is 6.52. The van der Waals surface area contributed by atoms with Gasteiger partial charge in [0.1, 0.15) is 0 Å². The van der Waals surface area contributed by atoms with Crippen LogP contribution < -0.4 is 11.2 Å². The number of nitrogens with one attached hydrogen (secondary N) is 1. The van der Waals surface area contributed by atoms with Crippen LogP contribution in [0.2, 0.25) is 5.28 Å². The third-order valence-electron chi connectivity index (χ3n) is 2.08. The summed E-state index contributed by atoms with van der Waals surface area (Å²) in [4.78, 5) is 29.1. The summed E-state index contributed by atoms with van der Waals surface area (Å²) in [6.45, 7) is 0. The monoisotopic (exact) mass is 214 g/mol. The Bertz CT molecular complexity index is 621. The van der Waals surface area contributed by atoms with Crippen molar-refractivity contribution in [2.24, 2.45) is 14.1 Å². The fourth-order valence-electron chi connectivity index (χ4n) is 1.24. The maximum Gasteiger partial charge on any atom is 0.329 e. The standard InChI is InChI=1S/C7H7ClN4O2/c1-11-3-4(9-6(11)8)10-7(14)12(2)5(3)13/h1-2H3,(H,10,14). The molecule has 0 spiro atoms. The van der Waals surface area contributed by atoms with E-state index in [4.69, 9.17) is 11.6 Å². The molecule has 0 amide bonds. The van der Waals surface area contributed by atoms with Crippen molar-refractivity contribution < 1.29 is 0 Å². The second kappa shape index (κ2) is 2.71. The van der Waals surface area contributed by atoms with Gasteiger partial charge in [-0.3, -0.25) is 14.3 Å². The van der Waals surface area contributed by atoms with Crippen molar-refractivity contribution in [3.8, 4) is 0 Å². The van der Waals surface area contributed by atoms with Gasteiger partial charge in [-0.2, -0.15) is 4.98 Å². The summed E-state index contributed by atoms with van der Waals surface area (Å²) < 4.78 is 2.40. The summed E-state index contributed by atoms with van der Waals surface area (Å²) in [5, 5.41) is 0.166. The van der Waals surface area contributed by atoms with E-state index in [1.165, 1.54) is 11.6 Å². The summed E-state index contributed by atoms with van der Waals surface area (Å²) in [6.07, 6.45) is 0. The van der Waals surface area contributed by atoms with Gasteiger partial charge in [-0.05, 0) is 11.6 Å². The number of aryl methyl sites for hydroxylation is 1. The summed E-state index contributed by atoms with van der Waals surface area (Å²) >= 11 is 5.71. The van der Waals surface area contributed by atoms with Crippen LogP contribution in [0.1, 0.15) is 0 Å². The molecule has 1 N–H and O–H groups in total. The first-order valence-electron chi connectivity index (χ1n) is 3.83. The van der Waals surface area contributed by atoms with Crippen molar-refractivity contribution in [3.05, 3.63) is 26.1 Å². The summed E-state index contributed by atoms with van der Waals surface area (Å²) in [6, 6.07) is 0. The number of halogens is 1. The molecule has 2 aromatic heterocycles. The van der Waals surface area contributed by atoms with E-state index >= 15 is 0 Å². The molecule has 14 heavy (non-hydrogen) atoms. The van der Waals surface area contributed by atoms with E-state index in [0.29, 0.717) is 0 Å². The minimum atomic E-state index is -0.503. The lowest BCUT2D eigenvalue weighted by Crippen LogP contribution is -2.33. The Labute approximate surface area is 82.8 Å². The predicted molar refractivity (Wildman–Crippen MR) is 51.6 cm³/mol. The first kappa shape index (κ1) is 9.01. The highest BCUT2D eigenvalue weighted by Crippen LogP contribution is 2.10. The molecule has 0 aromatic carbocycles. The third-order valence-corrected chi connectivity index (χ3v) is 2.42. The fraction of sp³-hybridized carbons (Fsp3) is 0.286. The minimum absolute atomic E-state index is 0.166. The normalized spacial score (nSPS) is 11.1. The van der Waals surface area contributed by atoms with E-state index in [2.05, 4.69) is 9.97 Å². The van der Waals surface area contributed by atoms with Crippen LogP contribution in [0.4, 0.5) is 0 Å². The van der Waals surface area contributed by atoms with E-state index in [1.54, 1.807) is 7.05 Å². The van der Waals surface area contributed by atoms with Crippen molar-refractivity contribution in [2.75, 3.05) is 0 Å². The molecule has 0 saturated carbocycles. The molecular weight excluding hydrogens is 208 g/mol. The molecule has 0 atom stereocenters. The van der Waals surface area contributed by atoms with Crippen LogP contribution in [0, 0.1) is 0 Å². The average Bonchev–Trinajstić information content (AvgIpc) is 2.39. The SMILES string of the molecule is Cn1c(=O)[nH]c2nc(Cl)n(C)c2c1=O. The van der Waals surface area contributed by atoms with Crippen LogP contribution in [0.3, 0.4) is 0 Å². The second-order valence-corrected chi connectivity index (χ2v) is 3.27. The number of aromatic amines is 1. The highest BCUT2D eigenvalue weighted by Gasteiger charge is 2.12. The van der Waals surface area contributed by atoms with Gasteiger partial charge in [-0.25, -0.2) is 4.79 Å². The van der Waals surface area contributed by atoms with Gasteiger partial charge in [0.05, 0.1) is 0 Å². The van der Waals surface area contributed by atoms with E-state index in [1.807, 2.05) is 0 Å². The van der Waals surface area contributed by atoms with Crippen molar-refractivity contribution in [1.82, 2.24) is 19.1 Å². The number of H-pyrrole nitrogens is 1. The Morgan fingerprint density at radius 1 is 1.29 bits per heavy atom. The molecule has 0 aliphatic heterocycles. The molecule has 7 heteroatoms. The van der Waals surface area contributed by atoms with Gasteiger partial charge < -0.3 is 4.57 Å². The number of rotatable bonds is 0. The zero-order valence-electron chi connectivity index (χ0n) is 7.54. The number of fused-ring (bicyclic) bond motifs is 1. The minimum Gasteiger partial charge on any atom is -0.312 e. The smallest absolute Gasteiger partial charge is 0.312 e. The topological polar surface area (TPSA) is 72.7 Å². The lowest BCUT2D eigenvalue weighted by molar-refractivity contribution is 0.783. The molecule has 0 unspecified atom stereocenters. The van der Waals surface area contributed by atoms with Crippen LogP contribution in [-0.2, 0) is 14.1 Å². The largest absolute Gasteiger partial charge is 0.329 e. The van der Waals surface area contributed by atoms with Crippen molar-refractivity contribution in [2.45, 2.75) is 0 Å². The number of hydrogen-bond donors (Lipinski definition) is 1. The summed E-state index contributed by atoms with van der Waals surface area (Å²) in [5.74, 6) is 0. The van der Waals surface area contributed by atoms with Crippen LogP contribution in [0.15, 0.2) is 9.59 Å². The Balaban J connectivity index is 3.15. The maximum absolute atomic E-state index is 11.6. The zero-order chi connectivity index (χ0) is 10.5. The highest BCUT2D eigenvalue weighted by atomic mass is 35.5. The first-order valence-corrected chi connectivity index (χ1v) is 4.21. The van der Waals surface area contributed by atoms with Gasteiger partial charge in [-0.15, -0.1) is 0 Å². The molecule has 6 nitrogen and oxygen atoms in total. The Kier molecular flexibility index (Phi) is 1.75. The number of nitrogens with zero attached hydrogens (tertiary/aromatic N) is 3. The van der Waals surface area contributed by atoms with Gasteiger partial charge >= 0.3 is 5.69 Å². The van der Waals surface area contributed by atoms with E-state index in [-0.39, 0.29) is 16.4 Å². The van der Waals surface area contributed by atoms with Crippen molar-refractivity contribution in [1.29, 1.82) is 0 Å². The Morgan fingerprint density at radius 2 is 1.93 bits per heavy atom. The van der Waals surface area contributed by atoms with Crippen LogP contribution in [0.5, 0.6) is 0 Å². The van der Waals surface area contributed by atoms with E-state index in [0.717, 1.165) is 4.57 Å². The molecule has 2 rings (SSSR count). The number of imidazole rings is 1. The van der Waals surface area contributed by atoms with Crippen molar-refractivity contribution in [3.63, 3.8) is 0 Å². The van der Waals surface area contributed by atoms with Crippen LogP contribution in [-0.4, -0.2) is 19.1 Å². The van der Waals surface area contributed by atoms with Crippen LogP contribution >= 0.6 is 11.6 Å². The summed E-state index contributed by atoms with van der Waals surface area (Å²) in [7, 11) is 3.00. The quantitative estimate of drug-likeness (QED) is 0.608. The molecule has 2 aromatic rings. The zero-order valence-corrected chi connectivity index (χ0v) is 8.29. The molecule has 0 aliphatic rings. The van der Waals surface area contributed by atoms with Gasteiger partial charge in [-0.1, -0.05) is 0 Å². The highest BCUT2D eigenvalue weighted by molar-refractivity contribution is 6.29. The second-order valence-electron chi connectivity index (χ2n) is 2.93. The fourth-order valence-corrected chi connectivity index (χ4v) is 1.41. The lowest BCUT2D eigenvalue weighted by Gasteiger charge is -1.96. The van der Waals surface area contributed by atoms with Crippen LogP contribution in [0.25, 0.3) is 11.2 Å². The molecule has 0 fully saturated rings. The van der Waals surface area contributed by atoms with E-state index in [9.17, 15) is 9.59 Å². The summed E-state index contributed by atoms with van der Waals surface area (Å²) in [5.41, 5.74) is -0.411. The Morgan fingerprint density at radius 3 is 2.57 bits per heavy atom. The molecule has 0 bridgehead atoms. The van der Waals surface area contributed by atoms with Gasteiger partial charge in [0, 0.05) is 14.1 Å². The predicted octanol–water partition coefficient (Wildman–Crippen LogP) is -0.386. The third kappa shape index (κ3) is 1.00. The molecular formula is C7H7ClN4O2. The molecule has 0 aliphatic carbocycles. The lowest BCUT2D eigenvalue weighted by atomic mass is 10.5. The molecule has 74 valence electrons.